The molecule has 0 aromatic rings. The number of carbonyl (C=O) groups excluding carboxylic acids is 1. The van der Waals surface area contributed by atoms with E-state index < -0.39 is 40.3 Å². The Kier molecular flexibility index (Phi) is 2.42. The van der Waals surface area contributed by atoms with Crippen molar-refractivity contribution >= 4 is 11.9 Å². The van der Waals surface area contributed by atoms with Gasteiger partial charge in [0.15, 0.2) is 0 Å². The smallest absolute Gasteiger partial charge is 0.316 e. The quantitative estimate of drug-likeness (QED) is 0.567. The molecule has 5 heteroatoms. The van der Waals surface area contributed by atoms with E-state index in [-0.39, 0.29) is 11.9 Å². The van der Waals surface area contributed by atoms with Crippen LogP contribution in [0.4, 0.5) is 0 Å². The van der Waals surface area contributed by atoms with Crippen LogP contribution in [0.25, 0.3) is 0 Å². The van der Waals surface area contributed by atoms with Gasteiger partial charge in [-0.2, -0.15) is 0 Å². The third-order valence-electron chi connectivity index (χ3n) is 7.95. The number of ether oxygens (including phenoxy) is 1. The van der Waals surface area contributed by atoms with E-state index in [2.05, 4.69) is 6.58 Å². The maximum Gasteiger partial charge on any atom is 0.316 e. The molecule has 1 heterocycles. The summed E-state index contributed by atoms with van der Waals surface area (Å²) >= 11 is 0. The highest BCUT2D eigenvalue weighted by Gasteiger charge is 2.83. The Bertz CT molecular complexity index is 725. The number of allylic oxidation sites excluding steroid dienone is 1. The SMILES string of the molecule is C=C1C[C@]23C[C@H]1CC[C@H]2[C@]12OC(=O)[C@](C)(C=C[C@H]1O)[C@H]2[C@@H]3C(=O)O. The number of hydrogen-bond donors (Lipinski definition) is 2. The molecule has 128 valence electrons. The van der Waals surface area contributed by atoms with Crippen molar-refractivity contribution in [3.63, 3.8) is 0 Å². The summed E-state index contributed by atoms with van der Waals surface area (Å²) in [4.78, 5) is 25.0. The van der Waals surface area contributed by atoms with Crippen molar-refractivity contribution in [2.45, 2.75) is 44.3 Å². The van der Waals surface area contributed by atoms with E-state index >= 15 is 0 Å². The summed E-state index contributed by atoms with van der Waals surface area (Å²) in [6.45, 7) is 5.97. The predicted octanol–water partition coefficient (Wildman–Crippen LogP) is 1.91. The Hall–Kier alpha value is -1.62. The fourth-order valence-corrected chi connectivity index (χ4v) is 7.21. The lowest BCUT2D eigenvalue weighted by Crippen LogP contribution is -2.54. The molecule has 4 bridgehead atoms. The van der Waals surface area contributed by atoms with Crippen LogP contribution in [0.15, 0.2) is 24.3 Å². The molecule has 0 unspecified atom stereocenters. The van der Waals surface area contributed by atoms with Gasteiger partial charge in [-0.1, -0.05) is 24.3 Å². The van der Waals surface area contributed by atoms with E-state index in [1.807, 2.05) is 0 Å². The molecule has 0 amide bonds. The van der Waals surface area contributed by atoms with Gasteiger partial charge in [0, 0.05) is 11.8 Å². The van der Waals surface area contributed by atoms with Gasteiger partial charge in [0.2, 0.25) is 0 Å². The molecule has 0 aromatic heterocycles. The Morgan fingerprint density at radius 2 is 2.17 bits per heavy atom. The number of carboxylic acids is 1. The number of hydrogen-bond acceptors (Lipinski definition) is 4. The summed E-state index contributed by atoms with van der Waals surface area (Å²) in [7, 11) is 0. The zero-order valence-electron chi connectivity index (χ0n) is 13.7. The molecule has 3 saturated carbocycles. The second kappa shape index (κ2) is 3.96. The second-order valence-corrected chi connectivity index (χ2v) is 8.72. The standard InChI is InChI=1S/C19H22O5/c1-9-7-18-8-10(9)3-4-11(18)19-12(20)5-6-17(2,16(23)24-19)14(19)13(18)15(21)22/h5-6,10-14,20H,1,3-4,7-8H2,2H3,(H,21,22)/t10-,11-,12-,13-,14-,17-,18+,19+/m1/s1. The van der Waals surface area contributed by atoms with Crippen molar-refractivity contribution < 1.29 is 24.5 Å². The number of fused-ring (bicyclic) bond motifs is 1. The van der Waals surface area contributed by atoms with E-state index in [1.165, 1.54) is 0 Å². The highest BCUT2D eigenvalue weighted by atomic mass is 16.6. The number of rotatable bonds is 1. The first kappa shape index (κ1) is 14.7. The lowest BCUT2D eigenvalue weighted by molar-refractivity contribution is -0.170. The Morgan fingerprint density at radius 3 is 2.88 bits per heavy atom. The van der Waals surface area contributed by atoms with Crippen LogP contribution in [0, 0.1) is 34.5 Å². The van der Waals surface area contributed by atoms with Crippen molar-refractivity contribution in [1.29, 1.82) is 0 Å². The number of aliphatic hydroxyl groups excluding tert-OH is 1. The monoisotopic (exact) mass is 330 g/mol. The normalized spacial score (nSPS) is 56.8. The molecule has 0 radical (unpaired) electrons. The van der Waals surface area contributed by atoms with Crippen molar-refractivity contribution in [3.05, 3.63) is 24.3 Å². The van der Waals surface area contributed by atoms with E-state index in [9.17, 15) is 19.8 Å². The largest absolute Gasteiger partial charge is 0.481 e. The van der Waals surface area contributed by atoms with Gasteiger partial charge in [-0.25, -0.2) is 0 Å². The van der Waals surface area contributed by atoms with Crippen LogP contribution in [0.2, 0.25) is 0 Å². The fraction of sp³-hybridized carbons (Fsp3) is 0.684. The minimum atomic E-state index is -1.08. The first-order chi connectivity index (χ1) is 11.3. The van der Waals surface area contributed by atoms with Crippen LogP contribution >= 0.6 is 0 Å². The molecule has 0 aromatic carbocycles. The number of carboxylic acid groups (broad SMARTS) is 1. The summed E-state index contributed by atoms with van der Waals surface area (Å²) in [6.07, 6.45) is 5.61. The molecule has 5 rings (SSSR count). The summed E-state index contributed by atoms with van der Waals surface area (Å²) < 4.78 is 5.90. The Morgan fingerprint density at radius 1 is 1.42 bits per heavy atom. The third-order valence-corrected chi connectivity index (χ3v) is 7.95. The van der Waals surface area contributed by atoms with Gasteiger partial charge in [0.05, 0.1) is 11.3 Å². The van der Waals surface area contributed by atoms with Gasteiger partial charge in [0.1, 0.15) is 11.7 Å². The van der Waals surface area contributed by atoms with Crippen LogP contribution in [0.5, 0.6) is 0 Å². The summed E-state index contributed by atoms with van der Waals surface area (Å²) in [5.41, 5.74) is -1.35. The molecular weight excluding hydrogens is 308 g/mol. The average molecular weight is 330 g/mol. The van der Waals surface area contributed by atoms with Crippen LogP contribution in [-0.4, -0.2) is 33.9 Å². The fourth-order valence-electron chi connectivity index (χ4n) is 7.21. The topological polar surface area (TPSA) is 83.8 Å². The molecular formula is C19H22O5. The van der Waals surface area contributed by atoms with Crippen molar-refractivity contribution in [2.24, 2.45) is 34.5 Å². The van der Waals surface area contributed by atoms with Gasteiger partial charge >= 0.3 is 11.9 Å². The Balaban J connectivity index is 1.79. The van der Waals surface area contributed by atoms with Crippen LogP contribution in [0.1, 0.15) is 32.6 Å². The van der Waals surface area contributed by atoms with Gasteiger partial charge in [0.25, 0.3) is 0 Å². The second-order valence-electron chi connectivity index (χ2n) is 8.72. The molecule has 1 spiro atoms. The minimum Gasteiger partial charge on any atom is -0.481 e. The summed E-state index contributed by atoms with van der Waals surface area (Å²) in [5, 5.41) is 21.0. The molecule has 5 nitrogen and oxygen atoms in total. The third kappa shape index (κ3) is 1.25. The summed E-state index contributed by atoms with van der Waals surface area (Å²) in [6, 6.07) is 0. The molecule has 2 N–H and O–H groups in total. The molecule has 8 atom stereocenters. The van der Waals surface area contributed by atoms with Crippen LogP contribution in [-0.2, 0) is 14.3 Å². The highest BCUT2D eigenvalue weighted by molar-refractivity contribution is 5.87. The van der Waals surface area contributed by atoms with E-state index in [4.69, 9.17) is 4.74 Å². The van der Waals surface area contributed by atoms with Gasteiger partial charge in [-0.3, -0.25) is 9.59 Å². The minimum absolute atomic E-state index is 0.114. The van der Waals surface area contributed by atoms with Crippen molar-refractivity contribution in [2.75, 3.05) is 0 Å². The molecule has 24 heavy (non-hydrogen) atoms. The van der Waals surface area contributed by atoms with Crippen LogP contribution in [0.3, 0.4) is 0 Å². The maximum absolute atomic E-state index is 12.6. The molecule has 4 fully saturated rings. The van der Waals surface area contributed by atoms with Crippen LogP contribution < -0.4 is 0 Å². The zero-order valence-corrected chi connectivity index (χ0v) is 13.7. The number of esters is 1. The van der Waals surface area contributed by atoms with Gasteiger partial charge in [-0.05, 0) is 43.9 Å². The van der Waals surface area contributed by atoms with Crippen molar-refractivity contribution in [3.8, 4) is 0 Å². The Labute approximate surface area is 140 Å². The molecule has 4 aliphatic carbocycles. The summed E-state index contributed by atoms with van der Waals surface area (Å²) in [5.74, 6) is -2.19. The van der Waals surface area contributed by atoms with Gasteiger partial charge in [-0.15, -0.1) is 0 Å². The first-order valence-corrected chi connectivity index (χ1v) is 8.79. The predicted molar refractivity (Wildman–Crippen MR) is 83.7 cm³/mol. The zero-order chi connectivity index (χ0) is 17.1. The van der Waals surface area contributed by atoms with E-state index in [1.54, 1.807) is 19.1 Å². The van der Waals surface area contributed by atoms with E-state index in [0.29, 0.717) is 12.3 Å². The molecule has 1 aliphatic heterocycles. The first-order valence-electron chi connectivity index (χ1n) is 8.79. The highest BCUT2D eigenvalue weighted by Crippen LogP contribution is 2.76. The number of aliphatic hydroxyl groups is 1. The van der Waals surface area contributed by atoms with Gasteiger partial charge < -0.3 is 14.9 Å². The average Bonchev–Trinajstić information content (AvgIpc) is 2.99. The number of carbonyl (C=O) groups is 2. The van der Waals surface area contributed by atoms with E-state index in [0.717, 1.165) is 24.8 Å². The molecule has 5 aliphatic rings. The lowest BCUT2D eigenvalue weighted by Gasteiger charge is -2.44. The maximum atomic E-state index is 12.6. The number of aliphatic carboxylic acids is 1. The van der Waals surface area contributed by atoms with Crippen molar-refractivity contribution in [1.82, 2.24) is 0 Å². The molecule has 1 saturated heterocycles. The lowest BCUT2D eigenvalue weighted by atomic mass is 9.62.